The molecule has 1 nitrogen and oxygen atoms in total. The summed E-state index contributed by atoms with van der Waals surface area (Å²) in [6.07, 6.45) is 1.56. The summed E-state index contributed by atoms with van der Waals surface area (Å²) >= 11 is 0. The van der Waals surface area contributed by atoms with E-state index in [1.807, 2.05) is 0 Å². The number of ketones is 1. The lowest BCUT2D eigenvalue weighted by Crippen LogP contribution is -2.37. The Labute approximate surface area is 121 Å². The van der Waals surface area contributed by atoms with Gasteiger partial charge >= 0.3 is 0 Å². The number of aryl methyl sites for hydroxylation is 1. The van der Waals surface area contributed by atoms with Gasteiger partial charge in [0.15, 0.2) is 5.78 Å². The Hall–Kier alpha value is -1.67. The van der Waals surface area contributed by atoms with Crippen molar-refractivity contribution in [3.8, 4) is 11.1 Å². The molecule has 2 aromatic carbocycles. The molecule has 0 atom stereocenters. The second-order valence-corrected chi connectivity index (χ2v) is 11.7. The highest BCUT2D eigenvalue weighted by Crippen LogP contribution is 2.32. The first kappa shape index (κ1) is 13.3. The van der Waals surface area contributed by atoms with Gasteiger partial charge in [-0.15, -0.1) is 0 Å². The highest BCUT2D eigenvalue weighted by atomic mass is 28.3. The Morgan fingerprint density at radius 1 is 0.900 bits per heavy atom. The number of rotatable bonds is 2. The van der Waals surface area contributed by atoms with Gasteiger partial charge in [-0.25, -0.2) is 0 Å². The van der Waals surface area contributed by atoms with Gasteiger partial charge in [0.05, 0.1) is 8.07 Å². The second-order valence-electron chi connectivity index (χ2n) is 6.59. The van der Waals surface area contributed by atoms with Crippen molar-refractivity contribution in [2.45, 2.75) is 32.5 Å². The third-order valence-electron chi connectivity index (χ3n) is 4.11. The number of benzene rings is 2. The quantitative estimate of drug-likeness (QED) is 0.759. The lowest BCUT2D eigenvalue weighted by Gasteiger charge is -2.17. The molecule has 0 heterocycles. The molecule has 1 aliphatic rings. The Morgan fingerprint density at radius 3 is 2.25 bits per heavy atom. The first-order chi connectivity index (χ1) is 9.47. The van der Waals surface area contributed by atoms with Gasteiger partial charge in [-0.05, 0) is 23.1 Å². The Balaban J connectivity index is 2.07. The van der Waals surface area contributed by atoms with Crippen LogP contribution in [0.25, 0.3) is 11.1 Å². The standard InChI is InChI=1S/C18H20OSi/c1-20(2,3)15-10-7-13(8-11-15)16-6-4-5-14-9-12-17(19)18(14)16/h4-8,10-11H,9,12H2,1-3H3. The van der Waals surface area contributed by atoms with Gasteiger partial charge in [-0.1, -0.05) is 67.3 Å². The predicted octanol–water partition coefficient (Wildman–Crippen LogP) is 4.03. The molecule has 1 aliphatic carbocycles. The molecule has 20 heavy (non-hydrogen) atoms. The average Bonchev–Trinajstić information content (AvgIpc) is 2.80. The maximum Gasteiger partial charge on any atom is 0.164 e. The van der Waals surface area contributed by atoms with E-state index in [9.17, 15) is 4.79 Å². The Morgan fingerprint density at radius 2 is 1.60 bits per heavy atom. The van der Waals surface area contributed by atoms with Gasteiger partial charge < -0.3 is 0 Å². The minimum absolute atomic E-state index is 0.296. The third-order valence-corrected chi connectivity index (χ3v) is 6.18. The number of Topliss-reactive ketones (excluding diaryl/α,β-unsaturated/α-hetero) is 1. The van der Waals surface area contributed by atoms with Crippen LogP contribution in [0.5, 0.6) is 0 Å². The summed E-state index contributed by atoms with van der Waals surface area (Å²) < 4.78 is 0. The summed E-state index contributed by atoms with van der Waals surface area (Å²) in [5.41, 5.74) is 4.43. The van der Waals surface area contributed by atoms with Crippen LogP contribution in [0.2, 0.25) is 19.6 Å². The minimum Gasteiger partial charge on any atom is -0.294 e. The lowest BCUT2D eigenvalue weighted by molar-refractivity contribution is 0.0995. The number of hydrogen-bond acceptors (Lipinski definition) is 1. The normalized spacial score (nSPS) is 14.4. The lowest BCUT2D eigenvalue weighted by atomic mass is 9.97. The molecule has 0 amide bonds. The van der Waals surface area contributed by atoms with E-state index in [4.69, 9.17) is 0 Å². The van der Waals surface area contributed by atoms with E-state index < -0.39 is 8.07 Å². The summed E-state index contributed by atoms with van der Waals surface area (Å²) in [4.78, 5) is 12.1. The van der Waals surface area contributed by atoms with E-state index in [1.165, 1.54) is 16.3 Å². The van der Waals surface area contributed by atoms with E-state index in [0.29, 0.717) is 12.2 Å². The van der Waals surface area contributed by atoms with E-state index in [2.05, 4.69) is 62.1 Å². The molecule has 0 bridgehead atoms. The van der Waals surface area contributed by atoms with E-state index in [-0.39, 0.29) is 0 Å². The zero-order chi connectivity index (χ0) is 14.3. The second kappa shape index (κ2) is 4.71. The predicted molar refractivity (Wildman–Crippen MR) is 87.5 cm³/mol. The highest BCUT2D eigenvalue weighted by molar-refractivity contribution is 6.88. The van der Waals surface area contributed by atoms with Crippen LogP contribution in [0.15, 0.2) is 42.5 Å². The van der Waals surface area contributed by atoms with Gasteiger partial charge in [0.25, 0.3) is 0 Å². The average molecular weight is 280 g/mol. The molecule has 102 valence electrons. The van der Waals surface area contributed by atoms with Crippen LogP contribution >= 0.6 is 0 Å². The maximum absolute atomic E-state index is 12.1. The first-order valence-electron chi connectivity index (χ1n) is 7.23. The molecule has 0 aromatic heterocycles. The van der Waals surface area contributed by atoms with Crippen molar-refractivity contribution >= 4 is 19.0 Å². The van der Waals surface area contributed by atoms with Gasteiger partial charge in [0.2, 0.25) is 0 Å². The molecule has 0 radical (unpaired) electrons. The summed E-state index contributed by atoms with van der Waals surface area (Å²) in [7, 11) is -1.26. The fourth-order valence-corrected chi connectivity index (χ4v) is 4.07. The van der Waals surface area contributed by atoms with E-state index in [0.717, 1.165) is 17.5 Å². The largest absolute Gasteiger partial charge is 0.294 e. The third kappa shape index (κ3) is 2.25. The molecule has 2 aromatic rings. The van der Waals surface area contributed by atoms with Crippen molar-refractivity contribution in [2.24, 2.45) is 0 Å². The molecular formula is C18H20OSi. The van der Waals surface area contributed by atoms with Crippen LogP contribution in [-0.2, 0) is 6.42 Å². The molecule has 0 unspecified atom stereocenters. The zero-order valence-electron chi connectivity index (χ0n) is 12.4. The number of carbonyl (C=O) groups is 1. The topological polar surface area (TPSA) is 17.1 Å². The van der Waals surface area contributed by atoms with Crippen LogP contribution in [0.4, 0.5) is 0 Å². The van der Waals surface area contributed by atoms with Crippen molar-refractivity contribution < 1.29 is 4.79 Å². The first-order valence-corrected chi connectivity index (χ1v) is 10.7. The van der Waals surface area contributed by atoms with Crippen molar-refractivity contribution in [2.75, 3.05) is 0 Å². The van der Waals surface area contributed by atoms with Crippen molar-refractivity contribution in [3.05, 3.63) is 53.6 Å². The van der Waals surface area contributed by atoms with Crippen LogP contribution in [0, 0.1) is 0 Å². The highest BCUT2D eigenvalue weighted by Gasteiger charge is 2.23. The molecule has 0 aliphatic heterocycles. The number of carbonyl (C=O) groups excluding carboxylic acids is 1. The summed E-state index contributed by atoms with van der Waals surface area (Å²) in [5.74, 6) is 0.296. The van der Waals surface area contributed by atoms with Gasteiger partial charge in [-0.2, -0.15) is 0 Å². The molecule has 0 saturated carbocycles. The van der Waals surface area contributed by atoms with Gasteiger partial charge in [-0.3, -0.25) is 4.79 Å². The fraction of sp³-hybridized carbons (Fsp3) is 0.278. The molecule has 0 spiro atoms. The molecule has 3 rings (SSSR count). The van der Waals surface area contributed by atoms with Gasteiger partial charge in [0, 0.05) is 12.0 Å². The molecular weight excluding hydrogens is 260 g/mol. The van der Waals surface area contributed by atoms with Crippen LogP contribution < -0.4 is 5.19 Å². The van der Waals surface area contributed by atoms with Crippen molar-refractivity contribution in [1.29, 1.82) is 0 Å². The monoisotopic (exact) mass is 280 g/mol. The summed E-state index contributed by atoms with van der Waals surface area (Å²) in [5, 5.41) is 1.46. The van der Waals surface area contributed by atoms with Crippen LogP contribution in [0.1, 0.15) is 22.3 Å². The van der Waals surface area contributed by atoms with Crippen LogP contribution in [-0.4, -0.2) is 13.9 Å². The SMILES string of the molecule is C[Si](C)(C)c1ccc(-c2cccc3c2C(=O)CC3)cc1. The fourth-order valence-electron chi connectivity index (χ4n) is 2.90. The molecule has 0 N–H and O–H groups in total. The van der Waals surface area contributed by atoms with E-state index in [1.54, 1.807) is 0 Å². The number of hydrogen-bond donors (Lipinski definition) is 0. The van der Waals surface area contributed by atoms with E-state index >= 15 is 0 Å². The smallest absolute Gasteiger partial charge is 0.164 e. The van der Waals surface area contributed by atoms with Crippen LogP contribution in [0.3, 0.4) is 0 Å². The Bertz CT molecular complexity index is 663. The van der Waals surface area contributed by atoms with Gasteiger partial charge in [0.1, 0.15) is 0 Å². The van der Waals surface area contributed by atoms with Crippen molar-refractivity contribution in [3.63, 3.8) is 0 Å². The number of fused-ring (bicyclic) bond motifs is 1. The minimum atomic E-state index is -1.26. The zero-order valence-corrected chi connectivity index (χ0v) is 13.4. The molecule has 0 saturated heterocycles. The summed E-state index contributed by atoms with van der Waals surface area (Å²) in [6.45, 7) is 7.06. The molecule has 0 fully saturated rings. The molecule has 2 heteroatoms. The maximum atomic E-state index is 12.1. The Kier molecular flexibility index (Phi) is 3.13. The van der Waals surface area contributed by atoms with Crippen molar-refractivity contribution in [1.82, 2.24) is 0 Å². The summed E-state index contributed by atoms with van der Waals surface area (Å²) in [6, 6.07) is 15.1.